The number of amides is 1. The molecule has 1 amide bonds. The normalized spacial score (nSPS) is 14.9. The average Bonchev–Trinajstić information content (AvgIpc) is 3.16. The number of aromatic nitrogens is 2. The number of para-hydroxylation sites is 2. The van der Waals surface area contributed by atoms with Gasteiger partial charge in [-0.1, -0.05) is 50.1 Å². The van der Waals surface area contributed by atoms with Crippen LogP contribution in [-0.2, 0) is 11.2 Å². The van der Waals surface area contributed by atoms with Crippen molar-refractivity contribution in [2.24, 2.45) is 0 Å². The van der Waals surface area contributed by atoms with E-state index in [0.717, 1.165) is 40.9 Å². The smallest absolute Gasteiger partial charge is 0.232 e. The van der Waals surface area contributed by atoms with E-state index in [0.29, 0.717) is 23.0 Å². The highest BCUT2D eigenvalue weighted by molar-refractivity contribution is 7.99. The number of carbonyl (C=O) groups excluding carboxylic acids is 1. The lowest BCUT2D eigenvalue weighted by Gasteiger charge is -2.31. The van der Waals surface area contributed by atoms with Gasteiger partial charge in [0.15, 0.2) is 5.65 Å². The molecule has 0 radical (unpaired) electrons. The number of thioether (sulfide) groups is 1. The fraction of sp³-hybridized carbons (Fsp3) is 0.435. The number of aryl methyl sites for hydroxylation is 1. The fourth-order valence-corrected chi connectivity index (χ4v) is 5.28. The Morgan fingerprint density at radius 1 is 1.31 bits per heavy atom. The van der Waals surface area contributed by atoms with Gasteiger partial charge in [0.1, 0.15) is 6.07 Å². The van der Waals surface area contributed by atoms with Crippen molar-refractivity contribution in [3.63, 3.8) is 0 Å². The third kappa shape index (κ3) is 3.72. The van der Waals surface area contributed by atoms with Crippen LogP contribution < -0.4 is 0 Å². The highest BCUT2D eigenvalue weighted by Gasteiger charge is 2.23. The molecule has 0 spiro atoms. The first kappa shape index (κ1) is 19.8. The van der Waals surface area contributed by atoms with E-state index in [4.69, 9.17) is 4.98 Å². The summed E-state index contributed by atoms with van der Waals surface area (Å²) < 4.78 is 2.03. The lowest BCUT2D eigenvalue weighted by atomic mass is 9.94. The van der Waals surface area contributed by atoms with E-state index in [2.05, 4.69) is 12.1 Å². The molecule has 0 unspecified atom stereocenters. The number of carbonyl (C=O) groups is 1. The van der Waals surface area contributed by atoms with Gasteiger partial charge in [-0.2, -0.15) is 5.26 Å². The molecule has 2 heterocycles. The van der Waals surface area contributed by atoms with Crippen LogP contribution in [0.15, 0.2) is 35.4 Å². The maximum atomic E-state index is 12.9. The summed E-state index contributed by atoms with van der Waals surface area (Å²) >= 11 is 1.54. The number of pyridine rings is 1. The van der Waals surface area contributed by atoms with Crippen molar-refractivity contribution in [1.82, 2.24) is 14.3 Å². The number of imidazole rings is 1. The SMILES string of the molecule is CCc1cc(SCC(=O)N(C)C2CCCCC2)n2c(nc3ccccc32)c1C#N. The molecule has 1 aromatic carbocycles. The van der Waals surface area contributed by atoms with E-state index in [1.165, 1.54) is 19.3 Å². The molecule has 0 saturated heterocycles. The first-order chi connectivity index (χ1) is 14.1. The zero-order valence-electron chi connectivity index (χ0n) is 17.0. The van der Waals surface area contributed by atoms with Crippen molar-refractivity contribution < 1.29 is 4.79 Å². The van der Waals surface area contributed by atoms with Gasteiger partial charge < -0.3 is 4.90 Å². The van der Waals surface area contributed by atoms with Gasteiger partial charge in [0.25, 0.3) is 0 Å². The Kier molecular flexibility index (Phi) is 5.77. The van der Waals surface area contributed by atoms with Gasteiger partial charge in [-0.3, -0.25) is 9.20 Å². The number of benzene rings is 1. The molecule has 4 rings (SSSR count). The van der Waals surface area contributed by atoms with Crippen LogP contribution in [-0.4, -0.2) is 39.0 Å². The number of fused-ring (bicyclic) bond motifs is 3. The Balaban J connectivity index is 1.68. The molecule has 29 heavy (non-hydrogen) atoms. The monoisotopic (exact) mass is 406 g/mol. The van der Waals surface area contributed by atoms with Gasteiger partial charge >= 0.3 is 0 Å². The van der Waals surface area contributed by atoms with Crippen LogP contribution >= 0.6 is 11.8 Å². The lowest BCUT2D eigenvalue weighted by Crippen LogP contribution is -2.39. The Hall–Kier alpha value is -2.52. The van der Waals surface area contributed by atoms with Crippen molar-refractivity contribution in [2.45, 2.75) is 56.5 Å². The third-order valence-corrected chi connectivity index (χ3v) is 6.96. The molecule has 5 nitrogen and oxygen atoms in total. The molecule has 1 aliphatic carbocycles. The van der Waals surface area contributed by atoms with Gasteiger partial charge in [0.2, 0.25) is 5.91 Å². The number of rotatable bonds is 5. The minimum absolute atomic E-state index is 0.168. The van der Waals surface area contributed by atoms with Crippen LogP contribution in [0.3, 0.4) is 0 Å². The molecule has 1 aliphatic rings. The molecule has 0 aliphatic heterocycles. The summed E-state index contributed by atoms with van der Waals surface area (Å²) in [7, 11) is 1.94. The average molecular weight is 407 g/mol. The van der Waals surface area contributed by atoms with E-state index < -0.39 is 0 Å². The van der Waals surface area contributed by atoms with E-state index >= 15 is 0 Å². The Morgan fingerprint density at radius 3 is 2.79 bits per heavy atom. The predicted molar refractivity (Wildman–Crippen MR) is 117 cm³/mol. The van der Waals surface area contributed by atoms with E-state index in [-0.39, 0.29) is 5.91 Å². The number of nitrogens with zero attached hydrogens (tertiary/aromatic N) is 4. The molecular formula is C23H26N4OS. The van der Waals surface area contributed by atoms with Gasteiger partial charge in [0, 0.05) is 13.1 Å². The van der Waals surface area contributed by atoms with Crippen LogP contribution in [0.1, 0.15) is 50.2 Å². The molecule has 2 aromatic heterocycles. The molecule has 6 heteroatoms. The van der Waals surface area contributed by atoms with Crippen LogP contribution in [0.4, 0.5) is 0 Å². The second-order valence-electron chi connectivity index (χ2n) is 7.69. The van der Waals surface area contributed by atoms with E-state index in [1.807, 2.05) is 47.5 Å². The molecule has 1 fully saturated rings. The molecular weight excluding hydrogens is 380 g/mol. The quantitative estimate of drug-likeness (QED) is 0.571. The first-order valence-corrected chi connectivity index (χ1v) is 11.3. The van der Waals surface area contributed by atoms with Crippen molar-refractivity contribution in [2.75, 3.05) is 12.8 Å². The zero-order chi connectivity index (χ0) is 20.4. The zero-order valence-corrected chi connectivity index (χ0v) is 17.8. The van der Waals surface area contributed by atoms with Crippen molar-refractivity contribution in [3.05, 3.63) is 41.5 Å². The predicted octanol–water partition coefficient (Wildman–Crippen LogP) is 4.80. The first-order valence-electron chi connectivity index (χ1n) is 10.4. The number of nitriles is 1. The third-order valence-electron chi connectivity index (χ3n) is 5.98. The van der Waals surface area contributed by atoms with E-state index in [9.17, 15) is 10.1 Å². The topological polar surface area (TPSA) is 61.4 Å². The molecule has 0 atom stereocenters. The maximum absolute atomic E-state index is 12.9. The van der Waals surface area contributed by atoms with Gasteiger partial charge in [0.05, 0.1) is 27.4 Å². The summed E-state index contributed by atoms with van der Waals surface area (Å²) in [6, 6.07) is 12.7. The van der Waals surface area contributed by atoms with Crippen LogP contribution in [0.25, 0.3) is 16.7 Å². The largest absolute Gasteiger partial charge is 0.342 e. The van der Waals surface area contributed by atoms with Crippen LogP contribution in [0.5, 0.6) is 0 Å². The molecule has 3 aromatic rings. The highest BCUT2D eigenvalue weighted by atomic mass is 32.2. The van der Waals surface area contributed by atoms with Gasteiger partial charge in [-0.15, -0.1) is 0 Å². The van der Waals surface area contributed by atoms with Crippen molar-refractivity contribution in [1.29, 1.82) is 5.26 Å². The number of hydrogen-bond acceptors (Lipinski definition) is 4. The van der Waals surface area contributed by atoms with Crippen LogP contribution in [0.2, 0.25) is 0 Å². The van der Waals surface area contributed by atoms with Gasteiger partial charge in [-0.25, -0.2) is 4.98 Å². The second kappa shape index (κ2) is 8.46. The minimum atomic E-state index is 0.168. The van der Waals surface area contributed by atoms with Crippen molar-refractivity contribution >= 4 is 34.3 Å². The highest BCUT2D eigenvalue weighted by Crippen LogP contribution is 2.30. The molecule has 150 valence electrons. The summed E-state index contributed by atoms with van der Waals surface area (Å²) in [5.41, 5.74) is 4.12. The lowest BCUT2D eigenvalue weighted by molar-refractivity contribution is -0.129. The summed E-state index contributed by atoms with van der Waals surface area (Å²) in [5, 5.41) is 10.7. The maximum Gasteiger partial charge on any atom is 0.232 e. The molecule has 0 N–H and O–H groups in total. The van der Waals surface area contributed by atoms with Gasteiger partial charge in [-0.05, 0) is 43.0 Å². The minimum Gasteiger partial charge on any atom is -0.342 e. The number of hydrogen-bond donors (Lipinski definition) is 0. The Labute approximate surface area is 175 Å². The summed E-state index contributed by atoms with van der Waals surface area (Å²) in [6.45, 7) is 2.05. The molecule has 1 saturated carbocycles. The fourth-order valence-electron chi connectivity index (χ4n) is 4.26. The van der Waals surface area contributed by atoms with Crippen molar-refractivity contribution in [3.8, 4) is 6.07 Å². The summed E-state index contributed by atoms with van der Waals surface area (Å²) in [5.74, 6) is 0.561. The summed E-state index contributed by atoms with van der Waals surface area (Å²) in [4.78, 5) is 19.5. The Bertz CT molecular complexity index is 1090. The van der Waals surface area contributed by atoms with Crippen LogP contribution in [0, 0.1) is 11.3 Å². The van der Waals surface area contributed by atoms with E-state index in [1.54, 1.807) is 11.8 Å². The second-order valence-corrected chi connectivity index (χ2v) is 8.69. The standard InChI is InChI=1S/C23H26N4OS/c1-3-16-13-22(29-15-21(28)26(2)17-9-5-4-6-10-17)27-20-12-8-7-11-19(20)25-23(27)18(16)14-24/h7-8,11-13,17H,3-6,9-10,15H2,1-2H3. The molecule has 0 bridgehead atoms. The summed E-state index contributed by atoms with van der Waals surface area (Å²) in [6.07, 6.45) is 6.69. The Morgan fingerprint density at radius 2 is 2.07 bits per heavy atom.